The number of hydrogen-bond acceptors (Lipinski definition) is 6. The van der Waals surface area contributed by atoms with E-state index in [2.05, 4.69) is 41.3 Å². The summed E-state index contributed by atoms with van der Waals surface area (Å²) in [6.07, 6.45) is 1.57. The highest BCUT2D eigenvalue weighted by molar-refractivity contribution is 9.09. The molecule has 9 nitrogen and oxygen atoms in total. The Morgan fingerprint density at radius 1 is 1.25 bits per heavy atom. The quantitative estimate of drug-likeness (QED) is 0.314. The van der Waals surface area contributed by atoms with E-state index >= 15 is 0 Å². The minimum absolute atomic E-state index is 0.139. The predicted molar refractivity (Wildman–Crippen MR) is 139 cm³/mol. The fourth-order valence-electron chi connectivity index (χ4n) is 6.20. The molecule has 36 heavy (non-hydrogen) atoms. The molecular weight excluding hydrogens is 530 g/mol. The molecule has 2 bridgehead atoms. The van der Waals surface area contributed by atoms with Crippen molar-refractivity contribution < 1.29 is 29.3 Å². The van der Waals surface area contributed by atoms with Crippen molar-refractivity contribution in [3.8, 4) is 0 Å². The molecule has 0 aromatic heterocycles. The zero-order valence-corrected chi connectivity index (χ0v) is 22.3. The van der Waals surface area contributed by atoms with Gasteiger partial charge in [-0.25, -0.2) is 0 Å². The number of carboxylic acids is 1. The molecule has 0 radical (unpaired) electrons. The van der Waals surface area contributed by atoms with Crippen LogP contribution in [-0.4, -0.2) is 88.3 Å². The lowest BCUT2D eigenvalue weighted by molar-refractivity contribution is -0.149. The minimum Gasteiger partial charge on any atom is -0.481 e. The Bertz CT molecular complexity index is 1020. The molecule has 3 aliphatic rings. The Kier molecular flexibility index (Phi) is 7.78. The second kappa shape index (κ2) is 10.5. The molecule has 1 unspecified atom stereocenters. The molecule has 196 valence electrons. The SMILES string of the molecule is C=CCN(C(=O)[C@@H]1N(CCCO)C(=O)[C@H]2[C@H](C(=O)O)[C@H]3O[C@@]12CC3Br)c1ccc(N(CC)CC)cc1. The van der Waals surface area contributed by atoms with Crippen LogP contribution in [0.4, 0.5) is 11.4 Å². The number of aliphatic carboxylic acids is 1. The van der Waals surface area contributed by atoms with Gasteiger partial charge < -0.3 is 29.6 Å². The summed E-state index contributed by atoms with van der Waals surface area (Å²) in [5.74, 6) is -3.82. The van der Waals surface area contributed by atoms with Gasteiger partial charge in [0.15, 0.2) is 0 Å². The second-order valence-corrected chi connectivity index (χ2v) is 10.7. The van der Waals surface area contributed by atoms with Gasteiger partial charge in [-0.3, -0.25) is 14.4 Å². The molecule has 10 heteroatoms. The van der Waals surface area contributed by atoms with Gasteiger partial charge in [0.25, 0.3) is 5.91 Å². The Morgan fingerprint density at radius 2 is 1.89 bits per heavy atom. The maximum Gasteiger partial charge on any atom is 0.310 e. The van der Waals surface area contributed by atoms with Crippen molar-refractivity contribution in [2.24, 2.45) is 11.8 Å². The van der Waals surface area contributed by atoms with Crippen LogP contribution >= 0.6 is 15.9 Å². The molecule has 1 aromatic carbocycles. The summed E-state index contributed by atoms with van der Waals surface area (Å²) in [5, 5.41) is 19.4. The second-order valence-electron chi connectivity index (χ2n) is 9.54. The van der Waals surface area contributed by atoms with Crippen LogP contribution in [0.3, 0.4) is 0 Å². The largest absolute Gasteiger partial charge is 0.481 e. The van der Waals surface area contributed by atoms with Gasteiger partial charge >= 0.3 is 5.97 Å². The molecule has 2 amide bonds. The lowest BCUT2D eigenvalue weighted by atomic mass is 9.70. The lowest BCUT2D eigenvalue weighted by Gasteiger charge is -2.37. The van der Waals surface area contributed by atoms with Gasteiger partial charge in [-0.2, -0.15) is 0 Å². The number of aliphatic hydroxyl groups is 1. The number of hydrogen-bond donors (Lipinski definition) is 2. The number of amides is 2. The van der Waals surface area contributed by atoms with Gasteiger partial charge in [0.2, 0.25) is 5.91 Å². The van der Waals surface area contributed by atoms with Crippen molar-refractivity contribution in [3.63, 3.8) is 0 Å². The summed E-state index contributed by atoms with van der Waals surface area (Å²) in [5.41, 5.74) is 0.452. The Labute approximate surface area is 219 Å². The first kappa shape index (κ1) is 26.6. The van der Waals surface area contributed by atoms with Crippen molar-refractivity contribution in [2.75, 3.05) is 42.6 Å². The highest BCUT2D eigenvalue weighted by Crippen LogP contribution is 2.60. The molecule has 1 spiro atoms. The molecule has 3 saturated heterocycles. The first-order valence-electron chi connectivity index (χ1n) is 12.5. The van der Waals surface area contributed by atoms with Crippen LogP contribution in [0, 0.1) is 11.8 Å². The first-order valence-corrected chi connectivity index (χ1v) is 13.4. The van der Waals surface area contributed by atoms with Crippen molar-refractivity contribution in [2.45, 2.75) is 49.3 Å². The van der Waals surface area contributed by atoms with Gasteiger partial charge in [0, 0.05) is 49.0 Å². The summed E-state index contributed by atoms with van der Waals surface area (Å²) >= 11 is 3.55. The number of alkyl halides is 1. The Hall–Kier alpha value is -2.43. The summed E-state index contributed by atoms with van der Waals surface area (Å²) in [6, 6.07) is 6.67. The van der Waals surface area contributed by atoms with Crippen LogP contribution in [0.15, 0.2) is 36.9 Å². The van der Waals surface area contributed by atoms with Gasteiger partial charge in [-0.15, -0.1) is 6.58 Å². The molecule has 0 saturated carbocycles. The zero-order chi connectivity index (χ0) is 26.2. The zero-order valence-electron chi connectivity index (χ0n) is 20.7. The smallest absolute Gasteiger partial charge is 0.310 e. The third-order valence-electron chi connectivity index (χ3n) is 7.73. The highest BCUT2D eigenvalue weighted by atomic mass is 79.9. The maximum atomic E-state index is 14.3. The number of carbonyl (C=O) groups is 3. The van der Waals surface area contributed by atoms with Crippen molar-refractivity contribution in [1.29, 1.82) is 0 Å². The van der Waals surface area contributed by atoms with Gasteiger partial charge in [0.1, 0.15) is 11.6 Å². The van der Waals surface area contributed by atoms with Crippen molar-refractivity contribution in [1.82, 2.24) is 4.90 Å². The number of likely N-dealkylation sites (tertiary alicyclic amines) is 1. The summed E-state index contributed by atoms with van der Waals surface area (Å²) in [6.45, 7) is 9.89. The van der Waals surface area contributed by atoms with Crippen LogP contribution < -0.4 is 9.80 Å². The van der Waals surface area contributed by atoms with E-state index in [9.17, 15) is 24.6 Å². The monoisotopic (exact) mass is 563 g/mol. The lowest BCUT2D eigenvalue weighted by Crippen LogP contribution is -2.57. The number of halogens is 1. The van der Waals surface area contributed by atoms with Gasteiger partial charge in [0.05, 0.1) is 17.9 Å². The topological polar surface area (TPSA) is 111 Å². The van der Waals surface area contributed by atoms with Crippen molar-refractivity contribution >= 4 is 45.1 Å². The summed E-state index contributed by atoms with van der Waals surface area (Å²) < 4.78 is 6.30. The highest BCUT2D eigenvalue weighted by Gasteiger charge is 2.76. The molecular formula is C26H34BrN3O6. The van der Waals surface area contributed by atoms with E-state index in [1.165, 1.54) is 4.90 Å². The minimum atomic E-state index is -1.24. The van der Waals surface area contributed by atoms with E-state index < -0.39 is 41.5 Å². The van der Waals surface area contributed by atoms with Gasteiger partial charge in [-0.1, -0.05) is 22.0 Å². The number of ether oxygens (including phenoxy) is 1. The van der Waals surface area contributed by atoms with E-state index in [-0.39, 0.29) is 36.9 Å². The first-order chi connectivity index (χ1) is 17.2. The van der Waals surface area contributed by atoms with Crippen LogP contribution in [-0.2, 0) is 19.1 Å². The number of benzene rings is 1. The van der Waals surface area contributed by atoms with Crippen molar-refractivity contribution in [3.05, 3.63) is 36.9 Å². The number of carbonyl (C=O) groups excluding carboxylic acids is 2. The van der Waals surface area contributed by atoms with E-state index in [1.54, 1.807) is 11.0 Å². The molecule has 4 rings (SSSR count). The molecule has 2 N–H and O–H groups in total. The Balaban J connectivity index is 1.74. The molecule has 1 aromatic rings. The number of rotatable bonds is 11. The fourth-order valence-corrected chi connectivity index (χ4v) is 7.15. The molecule has 3 fully saturated rings. The van der Waals surface area contributed by atoms with E-state index in [1.807, 2.05) is 24.3 Å². The summed E-state index contributed by atoms with van der Waals surface area (Å²) in [7, 11) is 0. The standard InChI is InChI=1S/C26H34BrN3O6/c1-4-12-29(17-10-8-16(9-11-17)28(5-2)6-3)24(33)22-26-15-18(27)21(36-26)19(25(34)35)20(26)23(32)30(22)13-7-14-31/h4,8-11,18-22,31H,1,5-7,12-15H2,2-3H3,(H,34,35)/t18?,19-,20+,21-,22-,26+/m0/s1. The summed E-state index contributed by atoms with van der Waals surface area (Å²) in [4.78, 5) is 45.0. The number of nitrogens with zero attached hydrogens (tertiary/aromatic N) is 3. The van der Waals surface area contributed by atoms with E-state index in [0.717, 1.165) is 18.8 Å². The fraction of sp³-hybridized carbons (Fsp3) is 0.577. The predicted octanol–water partition coefficient (Wildman–Crippen LogP) is 2.27. The third-order valence-corrected chi connectivity index (χ3v) is 8.58. The van der Waals surface area contributed by atoms with Crippen LogP contribution in [0.25, 0.3) is 0 Å². The van der Waals surface area contributed by atoms with Crippen LogP contribution in [0.1, 0.15) is 26.7 Å². The Morgan fingerprint density at radius 3 is 2.44 bits per heavy atom. The van der Waals surface area contributed by atoms with Crippen LogP contribution in [0.5, 0.6) is 0 Å². The normalized spacial score (nSPS) is 30.4. The number of fused-ring (bicyclic) bond motifs is 1. The molecule has 0 aliphatic carbocycles. The average Bonchev–Trinajstić information content (AvgIpc) is 3.45. The van der Waals surface area contributed by atoms with E-state index in [0.29, 0.717) is 12.1 Å². The third kappa shape index (κ3) is 4.13. The van der Waals surface area contributed by atoms with Crippen LogP contribution in [0.2, 0.25) is 0 Å². The molecule has 3 heterocycles. The number of carboxylic acid groups (broad SMARTS) is 1. The maximum absolute atomic E-state index is 14.3. The molecule has 3 aliphatic heterocycles. The molecule has 6 atom stereocenters. The number of aliphatic hydroxyl groups excluding tert-OH is 1. The average molecular weight is 564 g/mol. The van der Waals surface area contributed by atoms with Gasteiger partial charge in [-0.05, 0) is 51.0 Å². The number of anilines is 2. The van der Waals surface area contributed by atoms with E-state index in [4.69, 9.17) is 4.74 Å².